The minimum atomic E-state index is -1.38. The first-order valence-corrected chi connectivity index (χ1v) is 19.9. The lowest BCUT2D eigenvalue weighted by Crippen LogP contribution is -2.57. The minimum absolute atomic E-state index is 0.0703. The zero-order chi connectivity index (χ0) is 39.6. The third-order valence-electron chi connectivity index (χ3n) is 13.5. The Morgan fingerprint density at radius 1 is 0.667 bits per heavy atom. The summed E-state index contributed by atoms with van der Waals surface area (Å²) in [7, 11) is 0. The summed E-state index contributed by atoms with van der Waals surface area (Å²) in [6, 6.07) is 23.4. The maximum absolute atomic E-state index is 15.1. The van der Waals surface area contributed by atoms with Crippen molar-refractivity contribution in [2.24, 2.45) is 35.0 Å². The second-order valence-electron chi connectivity index (χ2n) is 17.2. The number of hydrogen-bond acceptors (Lipinski definition) is 5. The fourth-order valence-electron chi connectivity index (χ4n) is 11.7. The Morgan fingerprint density at radius 3 is 1.61 bits per heavy atom. The monoisotopic (exact) mass is 769 g/mol. The van der Waals surface area contributed by atoms with Crippen LogP contribution in [-0.2, 0) is 20.8 Å². The van der Waals surface area contributed by atoms with Gasteiger partial charge in [0, 0.05) is 30.5 Å². The van der Waals surface area contributed by atoms with Crippen molar-refractivity contribution in [2.75, 3.05) is 11.9 Å². The van der Waals surface area contributed by atoms with Crippen molar-refractivity contribution >= 4 is 35.3 Å². The van der Waals surface area contributed by atoms with Crippen LogP contribution in [0.5, 0.6) is 0 Å². The molecule has 11 heteroatoms. The maximum Gasteiger partial charge on any atom is 0.335 e. The molecule has 6 bridgehead atoms. The minimum Gasteiger partial charge on any atom is -0.478 e. The number of benzene rings is 4. The van der Waals surface area contributed by atoms with E-state index in [0.29, 0.717) is 29.9 Å². The Labute approximate surface area is 329 Å². The lowest BCUT2D eigenvalue weighted by atomic mass is 9.49. The number of carbonyl (C=O) groups excluding carboxylic acids is 3. The number of hydrogen-bond donors (Lipinski definition) is 5. The zero-order valence-corrected chi connectivity index (χ0v) is 31.2. The van der Waals surface area contributed by atoms with Crippen molar-refractivity contribution in [2.45, 2.75) is 62.8 Å². The Balaban J connectivity index is 1.06. The van der Waals surface area contributed by atoms with Crippen LogP contribution >= 0.6 is 0 Å². The van der Waals surface area contributed by atoms with Crippen molar-refractivity contribution in [1.82, 2.24) is 10.6 Å². The Hall–Kier alpha value is -5.84. The first-order valence-electron chi connectivity index (χ1n) is 19.9. The summed E-state index contributed by atoms with van der Waals surface area (Å²) in [6.07, 6.45) is 7.15. The van der Waals surface area contributed by atoms with Gasteiger partial charge < -0.3 is 26.2 Å². The number of carbonyl (C=O) groups is 5. The van der Waals surface area contributed by atoms with Gasteiger partial charge in [-0.2, -0.15) is 0 Å². The molecule has 0 spiro atoms. The summed E-state index contributed by atoms with van der Waals surface area (Å²) in [5.74, 6) is -5.12. The Morgan fingerprint density at radius 2 is 1.14 bits per heavy atom. The van der Waals surface area contributed by atoms with Gasteiger partial charge >= 0.3 is 11.9 Å². The first-order chi connectivity index (χ1) is 27.4. The molecule has 57 heavy (non-hydrogen) atoms. The average Bonchev–Trinajstić information content (AvgIpc) is 3.19. The molecule has 0 radical (unpaired) electrons. The number of rotatable bonds is 11. The van der Waals surface area contributed by atoms with Crippen LogP contribution in [0.3, 0.4) is 0 Å². The molecule has 0 aliphatic heterocycles. The third kappa shape index (κ3) is 6.76. The highest BCUT2D eigenvalue weighted by atomic mass is 19.1. The quantitative estimate of drug-likeness (QED) is 0.113. The molecule has 292 valence electrons. The summed E-state index contributed by atoms with van der Waals surface area (Å²) in [4.78, 5) is 67.8. The van der Waals surface area contributed by atoms with Crippen LogP contribution in [-0.4, -0.2) is 52.5 Å². The molecule has 2 unspecified atom stereocenters. The second-order valence-corrected chi connectivity index (χ2v) is 17.2. The van der Waals surface area contributed by atoms with Gasteiger partial charge in [-0.3, -0.25) is 14.4 Å². The fraction of sp³-hybridized carbons (Fsp3) is 0.370. The van der Waals surface area contributed by atoms with Gasteiger partial charge in [0.2, 0.25) is 17.7 Å². The van der Waals surface area contributed by atoms with Gasteiger partial charge in [-0.1, -0.05) is 60.7 Å². The lowest BCUT2D eigenvalue weighted by molar-refractivity contribution is -0.139. The van der Waals surface area contributed by atoms with Crippen LogP contribution in [0.25, 0.3) is 0 Å². The van der Waals surface area contributed by atoms with Crippen LogP contribution < -0.4 is 16.0 Å². The molecular formula is C46H44FN3O7. The van der Waals surface area contributed by atoms with Gasteiger partial charge in [0.15, 0.2) is 0 Å². The third-order valence-corrected chi connectivity index (χ3v) is 13.5. The molecule has 3 atom stereocenters. The maximum atomic E-state index is 15.1. The topological polar surface area (TPSA) is 162 Å². The molecule has 5 N–H and O–H groups in total. The number of aromatic carboxylic acids is 2. The number of halogens is 1. The zero-order valence-electron chi connectivity index (χ0n) is 31.2. The van der Waals surface area contributed by atoms with Crippen LogP contribution in [0.1, 0.15) is 98.9 Å². The van der Waals surface area contributed by atoms with Crippen molar-refractivity contribution in [3.63, 3.8) is 0 Å². The summed E-state index contributed by atoms with van der Waals surface area (Å²) >= 11 is 0. The molecule has 4 aromatic rings. The van der Waals surface area contributed by atoms with E-state index in [1.54, 1.807) is 0 Å². The number of amides is 3. The van der Waals surface area contributed by atoms with E-state index in [1.165, 1.54) is 43.5 Å². The van der Waals surface area contributed by atoms with Crippen molar-refractivity contribution in [1.29, 1.82) is 0 Å². The normalized spacial score (nSPS) is 27.8. The highest BCUT2D eigenvalue weighted by Crippen LogP contribution is 2.61. The number of carboxylic acids is 2. The van der Waals surface area contributed by atoms with Gasteiger partial charge in [0.25, 0.3) is 0 Å². The van der Waals surface area contributed by atoms with Gasteiger partial charge in [0.1, 0.15) is 11.9 Å². The Bertz CT molecular complexity index is 2190. The molecule has 0 aromatic heterocycles. The number of anilines is 1. The largest absolute Gasteiger partial charge is 0.478 e. The summed E-state index contributed by atoms with van der Waals surface area (Å²) in [6.45, 7) is 0.574. The standard InChI is InChI=1S/C46H44FN3O7/c47-30-11-9-24(10-12-30)16-36(41(51)49-31-18-28(44(54)55)17-29(19-31)45(56)57)50-43(53)40-38-34-7-3-1-5-32(34)37(33-6-2-4-8-35(33)38)39(40)42(52)48-23-46-20-25-13-26(21-46)15-27(14-25)22-46/h1-12,17-19,25-27,36-40H,13-16,20-23H2,(H,48,52)(H,49,51)(H,50,53)(H,54,55)(H,56,57)/t25?,26?,27?,36-,37?,38?,39?,40?,46?/m1/s1. The highest BCUT2D eigenvalue weighted by Gasteiger charge is 2.56. The molecule has 3 amide bonds. The van der Waals surface area contributed by atoms with E-state index in [-0.39, 0.29) is 34.6 Å². The van der Waals surface area contributed by atoms with E-state index in [4.69, 9.17) is 0 Å². The number of carboxylic acid groups (broad SMARTS) is 2. The van der Waals surface area contributed by atoms with Gasteiger partial charge in [-0.15, -0.1) is 0 Å². The van der Waals surface area contributed by atoms with Gasteiger partial charge in [-0.05, 0) is 120 Å². The van der Waals surface area contributed by atoms with E-state index in [9.17, 15) is 33.8 Å². The summed E-state index contributed by atoms with van der Waals surface area (Å²) in [5, 5.41) is 28.3. The molecule has 0 saturated heterocycles. The summed E-state index contributed by atoms with van der Waals surface area (Å²) in [5.41, 5.74) is 3.76. The molecule has 0 heterocycles. The van der Waals surface area contributed by atoms with Crippen LogP contribution in [0.15, 0.2) is 91.0 Å². The lowest BCUT2D eigenvalue weighted by Gasteiger charge is -2.57. The molecule has 4 fully saturated rings. The fourth-order valence-corrected chi connectivity index (χ4v) is 11.7. The smallest absolute Gasteiger partial charge is 0.335 e. The van der Waals surface area contributed by atoms with E-state index >= 15 is 4.79 Å². The van der Waals surface area contributed by atoms with Crippen LogP contribution in [0.4, 0.5) is 10.1 Å². The molecule has 4 aromatic carbocycles. The number of nitrogens with one attached hydrogen (secondary N) is 3. The number of fused-ring (bicyclic) bond motifs is 1. The van der Waals surface area contributed by atoms with E-state index < -0.39 is 59.3 Å². The van der Waals surface area contributed by atoms with Gasteiger partial charge in [-0.25, -0.2) is 14.0 Å². The van der Waals surface area contributed by atoms with Crippen LogP contribution in [0.2, 0.25) is 0 Å². The van der Waals surface area contributed by atoms with Crippen molar-refractivity contribution in [3.05, 3.63) is 136 Å². The molecule has 4 saturated carbocycles. The average molecular weight is 770 g/mol. The molecule has 10 nitrogen and oxygen atoms in total. The van der Waals surface area contributed by atoms with E-state index in [1.807, 2.05) is 48.5 Å². The van der Waals surface area contributed by atoms with Crippen LogP contribution in [0, 0.1) is 40.8 Å². The van der Waals surface area contributed by atoms with E-state index in [2.05, 4.69) is 16.0 Å². The van der Waals surface area contributed by atoms with Crippen molar-refractivity contribution < 1.29 is 38.6 Å². The molecule has 7 aliphatic rings. The predicted octanol–water partition coefficient (Wildman–Crippen LogP) is 6.74. The SMILES string of the molecule is O=C(O)c1cc(NC(=O)[C@@H](Cc2ccc(F)cc2)NC(=O)C2C3c4ccccc4C(c4ccccc43)C2C(=O)NCC23CC4CC(CC(C4)C2)C3)cc(C(=O)O)c1. The van der Waals surface area contributed by atoms with Crippen molar-refractivity contribution in [3.8, 4) is 0 Å². The molecular weight excluding hydrogens is 726 g/mol. The molecule has 7 aliphatic carbocycles. The second kappa shape index (κ2) is 14.3. The Kier molecular flexibility index (Phi) is 9.21. The first kappa shape index (κ1) is 36.8. The van der Waals surface area contributed by atoms with E-state index in [0.717, 1.165) is 59.7 Å². The van der Waals surface area contributed by atoms with Gasteiger partial charge in [0.05, 0.1) is 23.0 Å². The highest BCUT2D eigenvalue weighted by molar-refractivity contribution is 6.02. The summed E-state index contributed by atoms with van der Waals surface area (Å²) < 4.78 is 14.0. The molecule has 11 rings (SSSR count). The predicted molar refractivity (Wildman–Crippen MR) is 208 cm³/mol.